The van der Waals surface area contributed by atoms with Gasteiger partial charge in [0.2, 0.25) is 0 Å². The highest BCUT2D eigenvalue weighted by atomic mass is 16.1. The van der Waals surface area contributed by atoms with Crippen LogP contribution in [0.25, 0.3) is 0 Å². The maximum Gasteiger partial charge on any atom is 0.169 e. The molecule has 0 amide bonds. The van der Waals surface area contributed by atoms with Crippen molar-refractivity contribution >= 4 is 11.6 Å². The third-order valence-corrected chi connectivity index (χ3v) is 1.97. The van der Waals surface area contributed by atoms with Gasteiger partial charge in [0.25, 0.3) is 0 Å². The van der Waals surface area contributed by atoms with Crippen molar-refractivity contribution in [1.82, 2.24) is 10.6 Å². The molecule has 0 bridgehead atoms. The second kappa shape index (κ2) is 11.2. The molecule has 0 aromatic carbocycles. The molecule has 0 aromatic heterocycles. The number of hydrogen-bond donors (Lipinski definition) is 2. The Balaban J connectivity index is 3.38. The summed E-state index contributed by atoms with van der Waals surface area (Å²) in [6.07, 6.45) is 7.58. The van der Waals surface area contributed by atoms with Crippen LogP contribution < -0.4 is 10.6 Å². The van der Waals surface area contributed by atoms with Gasteiger partial charge in [0.1, 0.15) is 0 Å². The Hall–Kier alpha value is -1.26. The molecule has 0 saturated heterocycles. The van der Waals surface area contributed by atoms with Gasteiger partial charge in [-0.25, -0.2) is 0 Å². The summed E-state index contributed by atoms with van der Waals surface area (Å²) in [5.41, 5.74) is 0. The number of hydrogen-bond acceptors (Lipinski definition) is 4. The Labute approximate surface area is 103 Å². The topological polar surface area (TPSA) is 58.2 Å². The first-order chi connectivity index (χ1) is 8.20. The van der Waals surface area contributed by atoms with Crippen LogP contribution in [0.3, 0.4) is 0 Å². The predicted molar refractivity (Wildman–Crippen MR) is 70.0 cm³/mol. The zero-order valence-electron chi connectivity index (χ0n) is 10.7. The van der Waals surface area contributed by atoms with E-state index in [9.17, 15) is 9.59 Å². The zero-order chi connectivity index (χ0) is 12.9. The van der Waals surface area contributed by atoms with Gasteiger partial charge in [-0.2, -0.15) is 0 Å². The third-order valence-electron chi connectivity index (χ3n) is 1.97. The largest absolute Gasteiger partial charge is 0.308 e. The Bertz CT molecular complexity index is 283. The molecule has 17 heavy (non-hydrogen) atoms. The molecule has 0 unspecified atom stereocenters. The van der Waals surface area contributed by atoms with Crippen LogP contribution in [-0.4, -0.2) is 37.7 Å². The van der Waals surface area contributed by atoms with Gasteiger partial charge in [0.05, 0.1) is 13.1 Å². The summed E-state index contributed by atoms with van der Waals surface area (Å²) >= 11 is 0. The lowest BCUT2D eigenvalue weighted by Crippen LogP contribution is -2.32. The van der Waals surface area contributed by atoms with Gasteiger partial charge in [-0.1, -0.05) is 19.1 Å². The summed E-state index contributed by atoms with van der Waals surface area (Å²) in [4.78, 5) is 22.3. The molecule has 4 nitrogen and oxygen atoms in total. The van der Waals surface area contributed by atoms with Crippen LogP contribution in [0.15, 0.2) is 24.3 Å². The number of allylic oxidation sites excluding steroid dienone is 2. The molecule has 0 aromatic rings. The van der Waals surface area contributed by atoms with Crippen LogP contribution >= 0.6 is 0 Å². The van der Waals surface area contributed by atoms with Crippen LogP contribution in [0.4, 0.5) is 0 Å². The molecule has 2 N–H and O–H groups in total. The van der Waals surface area contributed by atoms with E-state index in [-0.39, 0.29) is 11.6 Å². The Morgan fingerprint density at radius 1 is 1.00 bits per heavy atom. The molecule has 0 radical (unpaired) electrons. The average molecular weight is 238 g/mol. The fourth-order valence-corrected chi connectivity index (χ4v) is 1.15. The molecule has 0 spiro atoms. The normalized spacial score (nSPS) is 11.4. The smallest absolute Gasteiger partial charge is 0.169 e. The summed E-state index contributed by atoms with van der Waals surface area (Å²) in [6, 6.07) is 0. The first-order valence-electron chi connectivity index (χ1n) is 5.97. The minimum atomic E-state index is 0.0643. The molecular weight excluding hydrogens is 216 g/mol. The summed E-state index contributed by atoms with van der Waals surface area (Å²) < 4.78 is 0. The lowest BCUT2D eigenvalue weighted by Gasteiger charge is -2.03. The molecule has 0 atom stereocenters. The van der Waals surface area contributed by atoms with E-state index in [1.165, 1.54) is 0 Å². The van der Waals surface area contributed by atoms with Crippen LogP contribution in [-0.2, 0) is 9.59 Å². The lowest BCUT2D eigenvalue weighted by atomic mass is 10.3. The molecule has 0 heterocycles. The molecule has 0 aliphatic carbocycles. The monoisotopic (exact) mass is 238 g/mol. The molecule has 0 saturated carbocycles. The van der Waals surface area contributed by atoms with E-state index in [0.717, 1.165) is 6.42 Å². The van der Waals surface area contributed by atoms with Crippen molar-refractivity contribution in [2.75, 3.05) is 26.2 Å². The molecule has 0 aliphatic heterocycles. The number of carbonyl (C=O) groups excluding carboxylic acids is 2. The van der Waals surface area contributed by atoms with E-state index in [2.05, 4.69) is 10.6 Å². The van der Waals surface area contributed by atoms with Crippen LogP contribution in [0.1, 0.15) is 20.3 Å². The van der Waals surface area contributed by atoms with E-state index in [0.29, 0.717) is 26.2 Å². The first kappa shape index (κ1) is 15.7. The maximum atomic E-state index is 11.2. The highest BCUT2D eigenvalue weighted by Gasteiger charge is 1.96. The summed E-state index contributed by atoms with van der Waals surface area (Å²) in [7, 11) is 0. The second-order valence-electron chi connectivity index (χ2n) is 3.60. The van der Waals surface area contributed by atoms with Gasteiger partial charge in [-0.15, -0.1) is 0 Å². The van der Waals surface area contributed by atoms with Gasteiger partial charge in [0.15, 0.2) is 11.6 Å². The van der Waals surface area contributed by atoms with Crippen molar-refractivity contribution in [3.8, 4) is 0 Å². The molecule has 0 aliphatic rings. The average Bonchev–Trinajstić information content (AvgIpc) is 2.31. The second-order valence-corrected chi connectivity index (χ2v) is 3.60. The lowest BCUT2D eigenvalue weighted by molar-refractivity contribution is -0.114. The molecule has 0 fully saturated rings. The third kappa shape index (κ3) is 11.0. The summed E-state index contributed by atoms with van der Waals surface area (Å²) in [6.45, 7) is 5.84. The van der Waals surface area contributed by atoms with Gasteiger partial charge >= 0.3 is 0 Å². The molecule has 4 heteroatoms. The fourth-order valence-electron chi connectivity index (χ4n) is 1.15. The SMILES string of the molecule is C/C=C/C(=O)CNCCNCC(=O)/C=C/CC. The minimum Gasteiger partial charge on any atom is -0.308 e. The van der Waals surface area contributed by atoms with Crippen LogP contribution in [0.2, 0.25) is 0 Å². The van der Waals surface area contributed by atoms with Crippen molar-refractivity contribution in [1.29, 1.82) is 0 Å². The Morgan fingerprint density at radius 2 is 1.53 bits per heavy atom. The predicted octanol–water partition coefficient (Wildman–Crippen LogP) is 0.846. The molecular formula is C13H22N2O2. The number of nitrogens with one attached hydrogen (secondary N) is 2. The fraction of sp³-hybridized carbons (Fsp3) is 0.538. The first-order valence-corrected chi connectivity index (χ1v) is 5.97. The van der Waals surface area contributed by atoms with Gasteiger partial charge < -0.3 is 10.6 Å². The van der Waals surface area contributed by atoms with E-state index in [1.807, 2.05) is 19.9 Å². The molecule has 96 valence electrons. The van der Waals surface area contributed by atoms with Crippen LogP contribution in [0, 0.1) is 0 Å². The van der Waals surface area contributed by atoms with Crippen molar-refractivity contribution in [2.45, 2.75) is 20.3 Å². The summed E-state index contributed by atoms with van der Waals surface area (Å²) in [5.74, 6) is 0.145. The Morgan fingerprint density at radius 3 is 2.00 bits per heavy atom. The number of ketones is 2. The summed E-state index contributed by atoms with van der Waals surface area (Å²) in [5, 5.41) is 6.00. The highest BCUT2D eigenvalue weighted by Crippen LogP contribution is 1.80. The van der Waals surface area contributed by atoms with Crippen molar-refractivity contribution < 1.29 is 9.59 Å². The quantitative estimate of drug-likeness (QED) is 0.437. The number of rotatable bonds is 10. The van der Waals surface area contributed by atoms with E-state index in [1.54, 1.807) is 18.2 Å². The van der Waals surface area contributed by atoms with Crippen molar-refractivity contribution in [3.05, 3.63) is 24.3 Å². The standard InChI is InChI=1S/C13H22N2O2/c1-3-5-7-13(17)11-15-9-8-14-10-12(16)6-4-2/h4-7,14-15H,3,8-11H2,1-2H3/b6-4+,7-5+. The van der Waals surface area contributed by atoms with Gasteiger partial charge in [-0.05, 0) is 25.5 Å². The van der Waals surface area contributed by atoms with Crippen LogP contribution in [0.5, 0.6) is 0 Å². The van der Waals surface area contributed by atoms with Gasteiger partial charge in [0, 0.05) is 13.1 Å². The van der Waals surface area contributed by atoms with E-state index >= 15 is 0 Å². The maximum absolute atomic E-state index is 11.2. The minimum absolute atomic E-state index is 0.0643. The Kier molecular flexibility index (Phi) is 10.4. The van der Waals surface area contributed by atoms with Crippen molar-refractivity contribution in [2.24, 2.45) is 0 Å². The number of carbonyl (C=O) groups is 2. The van der Waals surface area contributed by atoms with E-state index in [4.69, 9.17) is 0 Å². The highest BCUT2D eigenvalue weighted by molar-refractivity contribution is 5.91. The molecule has 0 rings (SSSR count). The van der Waals surface area contributed by atoms with Crippen molar-refractivity contribution in [3.63, 3.8) is 0 Å². The van der Waals surface area contributed by atoms with Gasteiger partial charge in [-0.3, -0.25) is 9.59 Å². The zero-order valence-corrected chi connectivity index (χ0v) is 10.7. The van der Waals surface area contributed by atoms with E-state index < -0.39 is 0 Å².